The highest BCUT2D eigenvalue weighted by atomic mass is 19.1. The van der Waals surface area contributed by atoms with Gasteiger partial charge in [0.2, 0.25) is 0 Å². The number of fused-ring (bicyclic) bond motifs is 4. The fraction of sp³-hybridized carbons (Fsp3) is 0.588. The van der Waals surface area contributed by atoms with Crippen LogP contribution in [-0.4, -0.2) is 82.4 Å². The molecule has 8 rings (SSSR count). The van der Waals surface area contributed by atoms with Gasteiger partial charge in [-0.1, -0.05) is 6.07 Å². The van der Waals surface area contributed by atoms with E-state index in [1.54, 1.807) is 0 Å². The second kappa shape index (κ2) is 11.5. The zero-order chi connectivity index (χ0) is 31.5. The SMILES string of the molecule is Cn1cc(C2COCCN(c3nc(OCC45CCCN4C[C@H](F)C5)nc4c3CO[C@@]3(CCCc5ccc(N)c(C#N)c53)C4)C2)cn1. The van der Waals surface area contributed by atoms with Crippen LogP contribution >= 0.6 is 0 Å². The Morgan fingerprint density at radius 2 is 2.11 bits per heavy atom. The summed E-state index contributed by atoms with van der Waals surface area (Å²) in [5.74, 6) is 0.897. The van der Waals surface area contributed by atoms with Crippen molar-refractivity contribution in [3.05, 3.63) is 58.0 Å². The zero-order valence-corrected chi connectivity index (χ0v) is 26.4. The summed E-state index contributed by atoms with van der Waals surface area (Å²) in [6.45, 7) is 4.52. The Bertz CT molecular complexity index is 1690. The van der Waals surface area contributed by atoms with Gasteiger partial charge in [-0.3, -0.25) is 9.58 Å². The fourth-order valence-electron chi connectivity index (χ4n) is 8.67. The molecule has 1 spiro atoms. The molecule has 3 saturated heterocycles. The van der Waals surface area contributed by atoms with Crippen LogP contribution < -0.4 is 15.4 Å². The van der Waals surface area contributed by atoms with E-state index >= 15 is 0 Å². The summed E-state index contributed by atoms with van der Waals surface area (Å²) in [5, 5.41) is 14.6. The number of nitriles is 1. The molecule has 3 fully saturated rings. The maximum atomic E-state index is 14.6. The van der Waals surface area contributed by atoms with Crippen molar-refractivity contribution in [1.82, 2.24) is 24.6 Å². The molecule has 46 heavy (non-hydrogen) atoms. The molecule has 5 aliphatic rings. The highest BCUT2D eigenvalue weighted by Gasteiger charge is 2.50. The molecule has 0 amide bonds. The smallest absolute Gasteiger partial charge is 0.318 e. The van der Waals surface area contributed by atoms with E-state index in [4.69, 9.17) is 29.9 Å². The summed E-state index contributed by atoms with van der Waals surface area (Å²) < 4.78 is 35.8. The van der Waals surface area contributed by atoms with Crippen molar-refractivity contribution >= 4 is 11.5 Å². The first kappa shape index (κ1) is 29.6. The zero-order valence-electron chi connectivity index (χ0n) is 26.4. The molecule has 2 aromatic heterocycles. The van der Waals surface area contributed by atoms with E-state index in [-0.39, 0.29) is 11.5 Å². The molecule has 12 heteroatoms. The Morgan fingerprint density at radius 1 is 1.20 bits per heavy atom. The number of anilines is 2. The third-order valence-electron chi connectivity index (χ3n) is 10.9. The lowest BCUT2D eigenvalue weighted by Crippen LogP contribution is -2.44. The molecule has 0 bridgehead atoms. The van der Waals surface area contributed by atoms with Crippen molar-refractivity contribution in [2.24, 2.45) is 7.05 Å². The van der Waals surface area contributed by atoms with E-state index in [1.165, 1.54) is 0 Å². The van der Waals surface area contributed by atoms with Gasteiger partial charge in [-0.05, 0) is 55.8 Å². The van der Waals surface area contributed by atoms with Crippen LogP contribution in [0.5, 0.6) is 6.01 Å². The number of nitrogen functional groups attached to an aromatic ring is 1. The Labute approximate surface area is 268 Å². The van der Waals surface area contributed by atoms with Gasteiger partial charge in [0, 0.05) is 68.5 Å². The van der Waals surface area contributed by atoms with Crippen LogP contribution in [0.1, 0.15) is 71.5 Å². The summed E-state index contributed by atoms with van der Waals surface area (Å²) >= 11 is 0. The van der Waals surface area contributed by atoms with Crippen molar-refractivity contribution in [3.8, 4) is 12.1 Å². The summed E-state index contributed by atoms with van der Waals surface area (Å²) in [6, 6.07) is 6.54. The second-order valence-corrected chi connectivity index (χ2v) is 13.8. The number of rotatable bonds is 5. The van der Waals surface area contributed by atoms with Gasteiger partial charge in [-0.2, -0.15) is 20.3 Å². The van der Waals surface area contributed by atoms with Gasteiger partial charge < -0.3 is 24.8 Å². The summed E-state index contributed by atoms with van der Waals surface area (Å²) in [6.07, 6.45) is 8.61. The van der Waals surface area contributed by atoms with Gasteiger partial charge in [-0.25, -0.2) is 4.39 Å². The minimum atomic E-state index is -0.837. The molecule has 1 aromatic carbocycles. The number of aryl methyl sites for hydroxylation is 2. The molecule has 11 nitrogen and oxygen atoms in total. The van der Waals surface area contributed by atoms with Crippen molar-refractivity contribution in [2.75, 3.05) is 56.6 Å². The molecule has 2 unspecified atom stereocenters. The molecule has 0 radical (unpaired) electrons. The third-order valence-corrected chi connectivity index (χ3v) is 10.9. The van der Waals surface area contributed by atoms with Gasteiger partial charge >= 0.3 is 6.01 Å². The number of benzene rings is 1. The van der Waals surface area contributed by atoms with Crippen molar-refractivity contribution in [2.45, 2.75) is 74.8 Å². The lowest BCUT2D eigenvalue weighted by atomic mass is 9.72. The van der Waals surface area contributed by atoms with Crippen LogP contribution in [0.25, 0.3) is 0 Å². The minimum Gasteiger partial charge on any atom is -0.461 e. The molecule has 4 atom stereocenters. The first-order valence-corrected chi connectivity index (χ1v) is 16.6. The predicted octanol–water partition coefficient (Wildman–Crippen LogP) is 3.54. The van der Waals surface area contributed by atoms with Crippen molar-refractivity contribution < 1.29 is 18.6 Å². The summed E-state index contributed by atoms with van der Waals surface area (Å²) in [4.78, 5) is 14.6. The summed E-state index contributed by atoms with van der Waals surface area (Å²) in [5.41, 5.74) is 11.2. The van der Waals surface area contributed by atoms with Gasteiger partial charge in [0.15, 0.2) is 0 Å². The molecule has 3 aromatic rings. The van der Waals surface area contributed by atoms with Gasteiger partial charge in [0.25, 0.3) is 0 Å². The number of aromatic nitrogens is 4. The van der Waals surface area contributed by atoms with E-state index in [9.17, 15) is 9.65 Å². The molecule has 1 aliphatic carbocycles. The van der Waals surface area contributed by atoms with Gasteiger partial charge in [0.05, 0.1) is 42.8 Å². The van der Waals surface area contributed by atoms with E-state index in [1.807, 2.05) is 36.3 Å². The maximum absolute atomic E-state index is 14.6. The Morgan fingerprint density at radius 3 is 2.96 bits per heavy atom. The van der Waals surface area contributed by atoms with Crippen LogP contribution in [0.2, 0.25) is 0 Å². The van der Waals surface area contributed by atoms with E-state index in [0.29, 0.717) is 76.2 Å². The second-order valence-electron chi connectivity index (χ2n) is 13.8. The molecule has 242 valence electrons. The predicted molar refractivity (Wildman–Crippen MR) is 168 cm³/mol. The first-order valence-electron chi connectivity index (χ1n) is 16.6. The highest BCUT2D eigenvalue weighted by molar-refractivity contribution is 5.63. The number of ether oxygens (including phenoxy) is 3. The average Bonchev–Trinajstić information content (AvgIpc) is 3.67. The molecule has 6 heterocycles. The number of nitrogens with zero attached hydrogens (tertiary/aromatic N) is 7. The van der Waals surface area contributed by atoms with Crippen LogP contribution in [0, 0.1) is 11.3 Å². The van der Waals surface area contributed by atoms with Crippen molar-refractivity contribution in [1.29, 1.82) is 5.26 Å². The quantitative estimate of drug-likeness (QED) is 0.419. The fourth-order valence-corrected chi connectivity index (χ4v) is 8.67. The third kappa shape index (κ3) is 5.00. The molecule has 0 saturated carbocycles. The van der Waals surface area contributed by atoms with E-state index in [2.05, 4.69) is 21.0 Å². The first-order chi connectivity index (χ1) is 22.4. The monoisotopic (exact) mass is 628 g/mol. The largest absolute Gasteiger partial charge is 0.461 e. The lowest BCUT2D eigenvalue weighted by Gasteiger charge is -2.43. The summed E-state index contributed by atoms with van der Waals surface area (Å²) in [7, 11) is 1.92. The number of nitrogens with two attached hydrogens (primary N) is 1. The standard InChI is InChI=1S/C34H41FN8O3/c1-41-16-23(15-38-41)24-17-42(10-11-44-19-24)31-27-20-46-34(8-2-4-22-5-6-28(37)26(14-36)30(22)34)13-29(27)39-32(40-31)45-21-33-7-3-9-43(33)18-25(35)12-33/h5-6,15-16,24-25H,2-4,7-13,17-21,37H2,1H3/t24?,25-,33?,34+/m1/s1. The van der Waals surface area contributed by atoms with Crippen molar-refractivity contribution in [3.63, 3.8) is 0 Å². The molecular weight excluding hydrogens is 587 g/mol. The van der Waals surface area contributed by atoms with Gasteiger partial charge in [-0.15, -0.1) is 0 Å². The maximum Gasteiger partial charge on any atom is 0.318 e. The Kier molecular flexibility index (Phi) is 7.38. The van der Waals surface area contributed by atoms with Crippen LogP contribution in [0.4, 0.5) is 15.9 Å². The number of alkyl halides is 1. The highest BCUT2D eigenvalue weighted by Crippen LogP contribution is 2.48. The number of halogens is 1. The lowest BCUT2D eigenvalue weighted by molar-refractivity contribution is -0.0857. The molecule has 2 N–H and O–H groups in total. The number of hydrogen-bond acceptors (Lipinski definition) is 10. The molecule has 4 aliphatic heterocycles. The number of hydrogen-bond donors (Lipinski definition) is 1. The Hall–Kier alpha value is -3.79. The van der Waals surface area contributed by atoms with Gasteiger partial charge in [0.1, 0.15) is 30.3 Å². The minimum absolute atomic E-state index is 0.110. The van der Waals surface area contributed by atoms with E-state index < -0.39 is 11.8 Å². The van der Waals surface area contributed by atoms with Crippen LogP contribution in [-0.2, 0) is 41.6 Å². The van der Waals surface area contributed by atoms with E-state index in [0.717, 1.165) is 72.4 Å². The normalized spacial score (nSPS) is 29.2. The Balaban J connectivity index is 1.18. The van der Waals surface area contributed by atoms with Crippen LogP contribution in [0.3, 0.4) is 0 Å². The topological polar surface area (TPSA) is 128 Å². The van der Waals surface area contributed by atoms with Crippen LogP contribution in [0.15, 0.2) is 24.5 Å². The average molecular weight is 629 g/mol. The molecular formula is C34H41FN8O3.